The molecule has 1 aliphatic heterocycles. The van der Waals surface area contributed by atoms with Gasteiger partial charge in [0.15, 0.2) is 11.5 Å². The molecule has 1 aromatic rings. The normalized spacial score (nSPS) is 22.6. The number of hydrogen-bond acceptors (Lipinski definition) is 3. The van der Waals surface area contributed by atoms with Gasteiger partial charge in [-0.15, -0.1) is 8.78 Å². The summed E-state index contributed by atoms with van der Waals surface area (Å²) in [4.78, 5) is 0. The van der Waals surface area contributed by atoms with Crippen LogP contribution in [0.15, 0.2) is 18.2 Å². The summed E-state index contributed by atoms with van der Waals surface area (Å²) in [6.07, 6.45) is 0.656. The molecule has 1 atom stereocenters. The fourth-order valence-electron chi connectivity index (χ4n) is 2.52. The molecular weight excluding hydrogens is 274 g/mol. The molecule has 1 aliphatic carbocycles. The highest BCUT2D eigenvalue weighted by Gasteiger charge is 2.43. The third kappa shape index (κ3) is 2.73. The van der Waals surface area contributed by atoms with Crippen LogP contribution >= 0.6 is 0 Å². The highest BCUT2D eigenvalue weighted by Crippen LogP contribution is 2.41. The second-order valence-corrected chi connectivity index (χ2v) is 6.60. The molecule has 0 radical (unpaired) electrons. The van der Waals surface area contributed by atoms with Crippen molar-refractivity contribution in [2.75, 3.05) is 0 Å². The lowest BCUT2D eigenvalue weighted by atomic mass is 10.2. The molecule has 1 unspecified atom stereocenters. The molecule has 1 aromatic carbocycles. The molecule has 0 bridgehead atoms. The Morgan fingerprint density at radius 3 is 2.63 bits per heavy atom. The van der Waals surface area contributed by atoms with Gasteiger partial charge in [-0.05, 0) is 30.5 Å². The lowest BCUT2D eigenvalue weighted by Gasteiger charge is -2.09. The van der Waals surface area contributed by atoms with Crippen molar-refractivity contribution in [1.29, 1.82) is 0 Å². The second-order valence-electron chi connectivity index (χ2n) is 4.88. The van der Waals surface area contributed by atoms with Gasteiger partial charge in [-0.25, -0.2) is 0 Å². The van der Waals surface area contributed by atoms with Crippen molar-refractivity contribution in [3.63, 3.8) is 0 Å². The molecule has 6 heteroatoms. The summed E-state index contributed by atoms with van der Waals surface area (Å²) >= 11 is 0. The molecule has 19 heavy (non-hydrogen) atoms. The highest BCUT2D eigenvalue weighted by molar-refractivity contribution is 7.84. The quantitative estimate of drug-likeness (QED) is 0.857. The fraction of sp³-hybridized carbons (Fsp3) is 0.538. The summed E-state index contributed by atoms with van der Waals surface area (Å²) in [5, 5.41) is 0.242. The number of rotatable bonds is 3. The Kier molecular flexibility index (Phi) is 3.20. The summed E-state index contributed by atoms with van der Waals surface area (Å²) < 4.78 is 46.6. The average Bonchev–Trinajstić information content (AvgIpc) is 2.93. The SMILES string of the molecule is O=S(Cc1ccc2c(c1)OC(F)(F)O2)C1CCCC1. The van der Waals surface area contributed by atoms with Crippen LogP contribution in [0.3, 0.4) is 0 Å². The van der Waals surface area contributed by atoms with Crippen molar-refractivity contribution in [2.24, 2.45) is 0 Å². The number of benzene rings is 1. The van der Waals surface area contributed by atoms with Crippen LogP contribution in [0.4, 0.5) is 8.78 Å². The zero-order valence-electron chi connectivity index (χ0n) is 10.2. The zero-order chi connectivity index (χ0) is 13.5. The summed E-state index contributed by atoms with van der Waals surface area (Å²) in [5.41, 5.74) is 0.741. The summed E-state index contributed by atoms with van der Waals surface area (Å²) in [5.74, 6) is 0.429. The number of ether oxygens (including phenoxy) is 2. The molecule has 1 fully saturated rings. The first kappa shape index (κ1) is 12.8. The Morgan fingerprint density at radius 1 is 1.21 bits per heavy atom. The maximum Gasteiger partial charge on any atom is 0.586 e. The van der Waals surface area contributed by atoms with Gasteiger partial charge in [0.25, 0.3) is 0 Å². The lowest BCUT2D eigenvalue weighted by Crippen LogP contribution is -2.25. The number of hydrogen-bond donors (Lipinski definition) is 0. The first-order valence-electron chi connectivity index (χ1n) is 6.29. The van der Waals surface area contributed by atoms with E-state index in [1.54, 1.807) is 6.07 Å². The Morgan fingerprint density at radius 2 is 1.89 bits per heavy atom. The van der Waals surface area contributed by atoms with Crippen LogP contribution in [0.5, 0.6) is 11.5 Å². The van der Waals surface area contributed by atoms with Crippen molar-refractivity contribution in [3.05, 3.63) is 23.8 Å². The van der Waals surface area contributed by atoms with E-state index >= 15 is 0 Å². The van der Waals surface area contributed by atoms with Crippen LogP contribution in [0, 0.1) is 0 Å². The molecular formula is C13H14F2O3S. The van der Waals surface area contributed by atoms with Gasteiger partial charge in [-0.1, -0.05) is 18.9 Å². The van der Waals surface area contributed by atoms with Crippen LogP contribution in [-0.4, -0.2) is 15.8 Å². The molecule has 0 N–H and O–H groups in total. The first-order valence-corrected chi connectivity index (χ1v) is 7.68. The van der Waals surface area contributed by atoms with E-state index in [1.807, 2.05) is 0 Å². The standard InChI is InChI=1S/C13H14F2O3S/c14-13(15)17-11-6-5-9(7-12(11)18-13)8-19(16)10-3-1-2-4-10/h5-7,10H,1-4,8H2. The monoisotopic (exact) mass is 288 g/mol. The molecule has 0 spiro atoms. The van der Waals surface area contributed by atoms with E-state index in [1.165, 1.54) is 12.1 Å². The molecule has 1 heterocycles. The van der Waals surface area contributed by atoms with Crippen LogP contribution in [-0.2, 0) is 16.6 Å². The minimum Gasteiger partial charge on any atom is -0.395 e. The summed E-state index contributed by atoms with van der Waals surface area (Å²) in [6, 6.07) is 4.59. The van der Waals surface area contributed by atoms with Gasteiger partial charge >= 0.3 is 6.29 Å². The Hall–Kier alpha value is -1.17. The average molecular weight is 288 g/mol. The van der Waals surface area contributed by atoms with Crippen LogP contribution < -0.4 is 9.47 Å². The Labute approximate surface area is 112 Å². The van der Waals surface area contributed by atoms with Crippen molar-refractivity contribution < 1.29 is 22.5 Å². The topological polar surface area (TPSA) is 35.5 Å². The maximum atomic E-state index is 12.9. The van der Waals surface area contributed by atoms with Crippen molar-refractivity contribution >= 4 is 10.8 Å². The molecule has 3 rings (SSSR count). The van der Waals surface area contributed by atoms with E-state index < -0.39 is 17.1 Å². The zero-order valence-corrected chi connectivity index (χ0v) is 11.1. The third-order valence-electron chi connectivity index (χ3n) is 3.45. The fourth-order valence-corrected chi connectivity index (χ4v) is 4.12. The second kappa shape index (κ2) is 4.74. The third-order valence-corrected chi connectivity index (χ3v) is 5.28. The van der Waals surface area contributed by atoms with Gasteiger partial charge in [-0.3, -0.25) is 4.21 Å². The van der Waals surface area contributed by atoms with Gasteiger partial charge in [0.2, 0.25) is 0 Å². The Bertz CT molecular complexity index is 513. The predicted molar refractivity (Wildman–Crippen MR) is 66.7 cm³/mol. The molecule has 2 aliphatic rings. The largest absolute Gasteiger partial charge is 0.586 e. The van der Waals surface area contributed by atoms with E-state index in [2.05, 4.69) is 9.47 Å². The minimum absolute atomic E-state index is 0.0194. The highest BCUT2D eigenvalue weighted by atomic mass is 32.2. The van der Waals surface area contributed by atoms with E-state index in [4.69, 9.17) is 0 Å². The molecule has 0 amide bonds. The van der Waals surface area contributed by atoms with Gasteiger partial charge in [0, 0.05) is 21.8 Å². The Balaban J connectivity index is 1.71. The van der Waals surface area contributed by atoms with Gasteiger partial charge < -0.3 is 9.47 Å². The predicted octanol–water partition coefficient (Wildman–Crippen LogP) is 3.20. The van der Waals surface area contributed by atoms with Crippen LogP contribution in [0.1, 0.15) is 31.2 Å². The van der Waals surface area contributed by atoms with Crippen molar-refractivity contribution in [3.8, 4) is 11.5 Å². The van der Waals surface area contributed by atoms with E-state index in [9.17, 15) is 13.0 Å². The van der Waals surface area contributed by atoms with Crippen LogP contribution in [0.2, 0.25) is 0 Å². The number of fused-ring (bicyclic) bond motifs is 1. The smallest absolute Gasteiger partial charge is 0.395 e. The van der Waals surface area contributed by atoms with Crippen molar-refractivity contribution in [1.82, 2.24) is 0 Å². The molecule has 0 saturated heterocycles. The minimum atomic E-state index is -3.59. The van der Waals surface area contributed by atoms with E-state index in [0.717, 1.165) is 31.2 Å². The van der Waals surface area contributed by atoms with Crippen molar-refractivity contribution in [2.45, 2.75) is 43.0 Å². The van der Waals surface area contributed by atoms with Gasteiger partial charge in [-0.2, -0.15) is 0 Å². The molecule has 0 aromatic heterocycles. The summed E-state index contributed by atoms with van der Waals surface area (Å²) in [7, 11) is -0.946. The number of halogens is 2. The van der Waals surface area contributed by atoms with Gasteiger partial charge in [0.1, 0.15) is 0 Å². The molecule has 1 saturated carbocycles. The van der Waals surface area contributed by atoms with Crippen LogP contribution in [0.25, 0.3) is 0 Å². The first-order chi connectivity index (χ1) is 9.03. The van der Waals surface area contributed by atoms with Gasteiger partial charge in [0.05, 0.1) is 0 Å². The summed E-state index contributed by atoms with van der Waals surface area (Å²) in [6.45, 7) is 0. The van der Waals surface area contributed by atoms with E-state index in [-0.39, 0.29) is 16.7 Å². The number of alkyl halides is 2. The molecule has 104 valence electrons. The van der Waals surface area contributed by atoms with E-state index in [0.29, 0.717) is 5.75 Å². The lowest BCUT2D eigenvalue weighted by molar-refractivity contribution is -0.286. The molecule has 3 nitrogen and oxygen atoms in total. The maximum absolute atomic E-state index is 12.9.